The summed E-state index contributed by atoms with van der Waals surface area (Å²) >= 11 is 0. The van der Waals surface area contributed by atoms with Gasteiger partial charge in [-0.05, 0) is 6.42 Å². The normalized spacial score (nSPS) is 47.9. The molecule has 2 radical (unpaired) electrons. The fourth-order valence-electron chi connectivity index (χ4n) is 1.11. The van der Waals surface area contributed by atoms with Crippen LogP contribution in [-0.2, 0) is 4.74 Å². The first-order chi connectivity index (χ1) is 4.66. The van der Waals surface area contributed by atoms with Crippen molar-refractivity contribution in [3.63, 3.8) is 0 Å². The second kappa shape index (κ2) is 2.90. The molecule has 0 unspecified atom stereocenters. The molecule has 0 aromatic heterocycles. The summed E-state index contributed by atoms with van der Waals surface area (Å²) in [4.78, 5) is 0. The van der Waals surface area contributed by atoms with E-state index in [2.05, 4.69) is 0 Å². The van der Waals surface area contributed by atoms with Crippen LogP contribution in [0.1, 0.15) is 13.3 Å². The predicted molar refractivity (Wildman–Crippen MR) is 36.7 cm³/mol. The van der Waals surface area contributed by atoms with Crippen LogP contribution < -0.4 is 0 Å². The summed E-state index contributed by atoms with van der Waals surface area (Å²) in [7, 11) is 5.30. The fourth-order valence-corrected chi connectivity index (χ4v) is 1.11. The zero-order chi connectivity index (χ0) is 7.72. The largest absolute Gasteiger partial charge is 0.388 e. The molecule has 2 N–H and O–H groups in total. The molecule has 3 nitrogen and oxygen atoms in total. The molecule has 1 aliphatic heterocycles. The SMILES string of the molecule is [B][C@@H]1O[C@H](CC)[C@@H](O)[C@H]1O. The Bertz CT molecular complexity index is 120. The lowest BCUT2D eigenvalue weighted by Gasteiger charge is -2.11. The Morgan fingerprint density at radius 1 is 1.40 bits per heavy atom. The fraction of sp³-hybridized carbons (Fsp3) is 1.00. The topological polar surface area (TPSA) is 49.7 Å². The molecule has 4 heteroatoms. The summed E-state index contributed by atoms with van der Waals surface area (Å²) in [6.45, 7) is 1.87. The molecule has 1 fully saturated rings. The molecule has 0 spiro atoms. The smallest absolute Gasteiger partial charge is 0.112 e. The van der Waals surface area contributed by atoms with E-state index in [0.717, 1.165) is 0 Å². The van der Waals surface area contributed by atoms with Gasteiger partial charge in [-0.1, -0.05) is 6.92 Å². The van der Waals surface area contributed by atoms with Crippen molar-refractivity contribution in [1.82, 2.24) is 0 Å². The Morgan fingerprint density at radius 3 is 2.20 bits per heavy atom. The van der Waals surface area contributed by atoms with Crippen molar-refractivity contribution in [2.75, 3.05) is 0 Å². The third kappa shape index (κ3) is 1.19. The van der Waals surface area contributed by atoms with Crippen LogP contribution >= 0.6 is 0 Å². The number of hydrogen-bond donors (Lipinski definition) is 2. The van der Waals surface area contributed by atoms with Gasteiger partial charge in [0.15, 0.2) is 0 Å². The maximum absolute atomic E-state index is 9.17. The molecule has 1 aliphatic rings. The van der Waals surface area contributed by atoms with E-state index in [1.165, 1.54) is 0 Å². The Labute approximate surface area is 61.4 Å². The lowest BCUT2D eigenvalue weighted by atomic mass is 9.93. The van der Waals surface area contributed by atoms with E-state index >= 15 is 0 Å². The number of rotatable bonds is 1. The van der Waals surface area contributed by atoms with Gasteiger partial charge in [0.25, 0.3) is 0 Å². The van der Waals surface area contributed by atoms with E-state index in [1.807, 2.05) is 6.92 Å². The van der Waals surface area contributed by atoms with Gasteiger partial charge < -0.3 is 14.9 Å². The van der Waals surface area contributed by atoms with Gasteiger partial charge in [-0.3, -0.25) is 0 Å². The van der Waals surface area contributed by atoms with Gasteiger partial charge in [-0.2, -0.15) is 0 Å². The average molecular weight is 142 g/mol. The van der Waals surface area contributed by atoms with Crippen molar-refractivity contribution in [2.24, 2.45) is 0 Å². The second-order valence-electron chi connectivity index (χ2n) is 2.53. The highest BCUT2D eigenvalue weighted by molar-refractivity contribution is 6.11. The molecule has 4 atom stereocenters. The highest BCUT2D eigenvalue weighted by atomic mass is 16.5. The molecular formula is C6H11BO3. The first-order valence-electron chi connectivity index (χ1n) is 3.44. The lowest BCUT2D eigenvalue weighted by Crippen LogP contribution is -2.32. The van der Waals surface area contributed by atoms with Gasteiger partial charge in [-0.25, -0.2) is 0 Å². The molecule has 1 saturated heterocycles. The summed E-state index contributed by atoms with van der Waals surface area (Å²) < 4.78 is 5.01. The molecule has 0 aliphatic carbocycles. The Balaban J connectivity index is 2.53. The van der Waals surface area contributed by atoms with Crippen LogP contribution in [0.2, 0.25) is 0 Å². The van der Waals surface area contributed by atoms with Gasteiger partial charge in [-0.15, -0.1) is 0 Å². The first kappa shape index (κ1) is 8.05. The third-order valence-corrected chi connectivity index (χ3v) is 1.80. The summed E-state index contributed by atoms with van der Waals surface area (Å²) in [5.74, 6) is 0. The minimum absolute atomic E-state index is 0.301. The lowest BCUT2D eigenvalue weighted by molar-refractivity contribution is 0.0210. The summed E-state index contributed by atoms with van der Waals surface area (Å²) in [6.07, 6.45) is -1.37. The van der Waals surface area contributed by atoms with Crippen LogP contribution in [0.5, 0.6) is 0 Å². The highest BCUT2D eigenvalue weighted by Crippen LogP contribution is 2.20. The van der Waals surface area contributed by atoms with Crippen LogP contribution in [0.4, 0.5) is 0 Å². The van der Waals surface area contributed by atoms with Gasteiger partial charge in [0.05, 0.1) is 12.2 Å². The Kier molecular flexibility index (Phi) is 2.34. The molecule has 1 heterocycles. The van der Waals surface area contributed by atoms with E-state index in [-0.39, 0.29) is 6.10 Å². The second-order valence-corrected chi connectivity index (χ2v) is 2.53. The van der Waals surface area contributed by atoms with Crippen LogP contribution in [-0.4, -0.2) is 42.4 Å². The minimum atomic E-state index is -0.926. The monoisotopic (exact) mass is 142 g/mol. The molecule has 0 aromatic carbocycles. The summed E-state index contributed by atoms with van der Waals surface area (Å²) in [5.41, 5.74) is 0. The maximum atomic E-state index is 9.17. The molecule has 56 valence electrons. The molecule has 1 rings (SSSR count). The maximum Gasteiger partial charge on any atom is 0.112 e. The summed E-state index contributed by atoms with van der Waals surface area (Å²) in [5, 5.41) is 18.2. The number of hydrogen-bond acceptors (Lipinski definition) is 3. The zero-order valence-electron chi connectivity index (χ0n) is 5.90. The predicted octanol–water partition coefficient (Wildman–Crippen LogP) is -0.988. The van der Waals surface area contributed by atoms with Gasteiger partial charge in [0.1, 0.15) is 14.0 Å². The van der Waals surface area contributed by atoms with Gasteiger partial charge in [0.2, 0.25) is 0 Å². The van der Waals surface area contributed by atoms with E-state index in [4.69, 9.17) is 17.7 Å². The van der Waals surface area contributed by atoms with Crippen molar-refractivity contribution < 1.29 is 14.9 Å². The van der Waals surface area contributed by atoms with Gasteiger partial charge in [0, 0.05) is 6.00 Å². The molecular weight excluding hydrogens is 131 g/mol. The van der Waals surface area contributed by atoms with E-state index < -0.39 is 18.2 Å². The zero-order valence-corrected chi connectivity index (χ0v) is 5.90. The standard InChI is InChI=1S/C6H11BO3/c1-2-3-4(8)5(9)6(7)10-3/h3-6,8-9H,2H2,1H3/t3-,4-,5-,6-/m1/s1. The Morgan fingerprint density at radius 2 is 2.00 bits per heavy atom. The van der Waals surface area contributed by atoms with Crippen LogP contribution in [0.25, 0.3) is 0 Å². The Hall–Kier alpha value is -0.0551. The number of ether oxygens (including phenoxy) is 1. The highest BCUT2D eigenvalue weighted by Gasteiger charge is 2.38. The van der Waals surface area contributed by atoms with Crippen LogP contribution in [0, 0.1) is 0 Å². The quantitative estimate of drug-likeness (QED) is 0.462. The summed E-state index contributed by atoms with van der Waals surface area (Å²) in [6, 6.07) is -0.722. The van der Waals surface area contributed by atoms with Crippen molar-refractivity contribution >= 4 is 7.85 Å². The van der Waals surface area contributed by atoms with E-state index in [1.54, 1.807) is 0 Å². The van der Waals surface area contributed by atoms with E-state index in [0.29, 0.717) is 6.42 Å². The van der Waals surface area contributed by atoms with Gasteiger partial charge >= 0.3 is 0 Å². The number of aliphatic hydroxyl groups excluding tert-OH is 2. The van der Waals surface area contributed by atoms with Crippen molar-refractivity contribution in [3.8, 4) is 0 Å². The van der Waals surface area contributed by atoms with Crippen LogP contribution in [0.3, 0.4) is 0 Å². The molecule has 10 heavy (non-hydrogen) atoms. The third-order valence-electron chi connectivity index (χ3n) is 1.80. The minimum Gasteiger partial charge on any atom is -0.388 e. The molecule has 0 amide bonds. The first-order valence-corrected chi connectivity index (χ1v) is 3.44. The van der Waals surface area contributed by atoms with E-state index in [9.17, 15) is 5.11 Å². The van der Waals surface area contributed by atoms with Crippen LogP contribution in [0.15, 0.2) is 0 Å². The average Bonchev–Trinajstić information content (AvgIpc) is 2.17. The molecule has 0 bridgehead atoms. The molecule has 0 aromatic rings. The number of aliphatic hydroxyl groups is 2. The van der Waals surface area contributed by atoms with Crippen molar-refractivity contribution in [1.29, 1.82) is 0 Å². The molecule has 0 saturated carbocycles. The van der Waals surface area contributed by atoms with Crippen molar-refractivity contribution in [3.05, 3.63) is 0 Å². The van der Waals surface area contributed by atoms with Crippen molar-refractivity contribution in [2.45, 2.75) is 37.7 Å².